The third-order valence-electron chi connectivity index (χ3n) is 5.82. The Labute approximate surface area is 181 Å². The second-order valence-electron chi connectivity index (χ2n) is 8.04. The largest absolute Gasteiger partial charge is 0.484 e. The van der Waals surface area contributed by atoms with Gasteiger partial charge in [0.15, 0.2) is 0 Å². The van der Waals surface area contributed by atoms with Crippen molar-refractivity contribution in [3.8, 4) is 5.75 Å². The minimum Gasteiger partial charge on any atom is -0.484 e. The van der Waals surface area contributed by atoms with Crippen molar-refractivity contribution >= 4 is 27.6 Å². The maximum atomic E-state index is 12.8. The lowest BCUT2D eigenvalue weighted by atomic mass is 9.90. The van der Waals surface area contributed by atoms with Crippen LogP contribution in [0.1, 0.15) is 25.7 Å². The first-order chi connectivity index (χ1) is 14.8. The van der Waals surface area contributed by atoms with Crippen LogP contribution in [0.15, 0.2) is 23.7 Å². The molecule has 1 saturated heterocycles. The molecule has 2 amide bonds. The van der Waals surface area contributed by atoms with Crippen LogP contribution in [0.3, 0.4) is 0 Å². The molecule has 0 spiro atoms. The molecule has 2 aliphatic rings. The Bertz CT molecular complexity index is 895. The summed E-state index contributed by atoms with van der Waals surface area (Å²) in [5, 5.41) is 14.4. The molecule has 2 fully saturated rings. The predicted octanol–water partition coefficient (Wildman–Crippen LogP) is 2.89. The highest BCUT2D eigenvalue weighted by molar-refractivity contribution is 7.16. The van der Waals surface area contributed by atoms with E-state index in [1.165, 1.54) is 0 Å². The molecular formula is C20H25F3N4O3S. The lowest BCUT2D eigenvalue weighted by Gasteiger charge is -2.40. The van der Waals surface area contributed by atoms with Crippen LogP contribution in [-0.4, -0.2) is 71.1 Å². The molecule has 1 aromatic carbocycles. The molecule has 2 heterocycles. The number of benzene rings is 1. The molecule has 3 N–H and O–H groups in total. The highest BCUT2D eigenvalue weighted by Crippen LogP contribution is 2.29. The van der Waals surface area contributed by atoms with Crippen LogP contribution in [0.4, 0.5) is 18.0 Å². The van der Waals surface area contributed by atoms with Crippen LogP contribution in [0.2, 0.25) is 0 Å². The van der Waals surface area contributed by atoms with Gasteiger partial charge in [-0.2, -0.15) is 13.2 Å². The highest BCUT2D eigenvalue weighted by Gasteiger charge is 2.41. The van der Waals surface area contributed by atoms with Crippen molar-refractivity contribution in [2.24, 2.45) is 0 Å². The normalized spacial score (nSPS) is 23.4. The van der Waals surface area contributed by atoms with Gasteiger partial charge in [-0.25, -0.2) is 9.78 Å². The van der Waals surface area contributed by atoms with Crippen LogP contribution >= 0.6 is 11.3 Å². The SMILES string of the molecule is O=C(NC1CCC(NC(CO)C(F)(F)F)CC1)N1CC(Oc2cccc3scnc23)C1. The summed E-state index contributed by atoms with van der Waals surface area (Å²) in [6, 6.07) is 3.31. The Morgan fingerprint density at radius 1 is 1.26 bits per heavy atom. The number of hydrogen-bond donors (Lipinski definition) is 3. The zero-order chi connectivity index (χ0) is 22.0. The summed E-state index contributed by atoms with van der Waals surface area (Å²) in [5.41, 5.74) is 2.60. The number of likely N-dealkylation sites (tertiary alicyclic amines) is 1. The summed E-state index contributed by atoms with van der Waals surface area (Å²) >= 11 is 1.55. The first-order valence-corrected chi connectivity index (χ1v) is 11.2. The van der Waals surface area contributed by atoms with Crippen molar-refractivity contribution in [2.75, 3.05) is 19.7 Å². The summed E-state index contributed by atoms with van der Waals surface area (Å²) in [6.07, 6.45) is -2.34. The number of rotatable bonds is 6. The van der Waals surface area contributed by atoms with Crippen LogP contribution in [-0.2, 0) is 0 Å². The molecule has 1 unspecified atom stereocenters. The predicted molar refractivity (Wildman–Crippen MR) is 110 cm³/mol. The maximum Gasteiger partial charge on any atom is 0.406 e. The quantitative estimate of drug-likeness (QED) is 0.620. The number of aliphatic hydroxyl groups excluding tert-OH is 1. The van der Waals surface area contributed by atoms with Gasteiger partial charge in [-0.05, 0) is 37.8 Å². The summed E-state index contributed by atoms with van der Waals surface area (Å²) in [7, 11) is 0. The second-order valence-corrected chi connectivity index (χ2v) is 8.93. The van der Waals surface area contributed by atoms with Gasteiger partial charge in [0.1, 0.15) is 23.4 Å². The molecule has 1 aliphatic heterocycles. The number of nitrogens with one attached hydrogen (secondary N) is 2. The van der Waals surface area contributed by atoms with E-state index in [1.54, 1.807) is 21.7 Å². The number of carbonyl (C=O) groups excluding carboxylic acids is 1. The van der Waals surface area contributed by atoms with Gasteiger partial charge in [-0.3, -0.25) is 0 Å². The highest BCUT2D eigenvalue weighted by atomic mass is 32.1. The lowest BCUT2D eigenvalue weighted by Crippen LogP contribution is -2.60. The van der Waals surface area contributed by atoms with E-state index in [4.69, 9.17) is 9.84 Å². The molecule has 1 saturated carbocycles. The van der Waals surface area contributed by atoms with Gasteiger partial charge in [0, 0.05) is 12.1 Å². The van der Waals surface area contributed by atoms with Gasteiger partial charge in [0.2, 0.25) is 0 Å². The third-order valence-corrected chi connectivity index (χ3v) is 6.62. The van der Waals surface area contributed by atoms with Crippen molar-refractivity contribution in [3.05, 3.63) is 23.7 Å². The maximum absolute atomic E-state index is 12.8. The summed E-state index contributed by atoms with van der Waals surface area (Å²) in [5.74, 6) is 0.717. The van der Waals surface area contributed by atoms with Gasteiger partial charge in [-0.1, -0.05) is 6.07 Å². The number of thiazole rings is 1. The monoisotopic (exact) mass is 458 g/mol. The van der Waals surface area contributed by atoms with E-state index in [0.29, 0.717) is 38.8 Å². The first-order valence-electron chi connectivity index (χ1n) is 10.3. The smallest absolute Gasteiger partial charge is 0.406 e. The van der Waals surface area contributed by atoms with E-state index in [0.717, 1.165) is 16.0 Å². The summed E-state index contributed by atoms with van der Waals surface area (Å²) in [6.45, 7) is -0.0185. The third kappa shape index (κ3) is 5.21. The van der Waals surface area contributed by atoms with Crippen molar-refractivity contribution in [2.45, 2.75) is 56.1 Å². The Morgan fingerprint density at radius 3 is 2.65 bits per heavy atom. The second kappa shape index (κ2) is 9.17. The number of aromatic nitrogens is 1. The molecule has 1 aliphatic carbocycles. The van der Waals surface area contributed by atoms with Gasteiger partial charge >= 0.3 is 12.2 Å². The number of para-hydroxylation sites is 1. The zero-order valence-corrected chi connectivity index (χ0v) is 17.6. The van der Waals surface area contributed by atoms with Gasteiger partial charge in [0.25, 0.3) is 0 Å². The van der Waals surface area contributed by atoms with Crippen molar-refractivity contribution in [1.82, 2.24) is 20.5 Å². The van der Waals surface area contributed by atoms with Crippen LogP contribution in [0.5, 0.6) is 5.75 Å². The number of aliphatic hydroxyl groups is 1. The molecule has 7 nitrogen and oxygen atoms in total. The van der Waals surface area contributed by atoms with Crippen LogP contribution < -0.4 is 15.4 Å². The topological polar surface area (TPSA) is 86.7 Å². The standard InChI is InChI=1S/C20H25F3N4O3S/c21-20(22,23)17(10-28)25-12-4-6-13(7-5-12)26-19(29)27-8-14(9-27)30-15-2-1-3-16-18(15)24-11-31-16/h1-3,11-14,17,25,28H,4-10H2,(H,26,29). The van der Waals surface area contributed by atoms with Gasteiger partial charge in [-0.15, -0.1) is 11.3 Å². The molecule has 170 valence electrons. The van der Waals surface area contributed by atoms with Gasteiger partial charge in [0.05, 0.1) is 29.9 Å². The Balaban J connectivity index is 1.18. The molecule has 1 atom stereocenters. The van der Waals surface area contributed by atoms with Crippen LogP contribution in [0.25, 0.3) is 10.2 Å². The molecule has 0 radical (unpaired) electrons. The molecule has 4 rings (SSSR count). The number of ether oxygens (including phenoxy) is 1. The fourth-order valence-corrected chi connectivity index (χ4v) is 4.71. The van der Waals surface area contributed by atoms with Crippen molar-refractivity contribution < 1.29 is 27.8 Å². The minimum atomic E-state index is -4.47. The molecule has 0 bridgehead atoms. The molecule has 1 aromatic heterocycles. The number of urea groups is 1. The summed E-state index contributed by atoms with van der Waals surface area (Å²) in [4.78, 5) is 18.4. The fourth-order valence-electron chi connectivity index (χ4n) is 4.02. The number of nitrogens with zero attached hydrogens (tertiary/aromatic N) is 2. The minimum absolute atomic E-state index is 0.0623. The van der Waals surface area contributed by atoms with Crippen molar-refractivity contribution in [3.63, 3.8) is 0 Å². The number of amides is 2. The molecule has 11 heteroatoms. The molecule has 2 aromatic rings. The fraction of sp³-hybridized carbons (Fsp3) is 0.600. The number of alkyl halides is 3. The van der Waals surface area contributed by atoms with E-state index in [-0.39, 0.29) is 24.2 Å². The van der Waals surface area contributed by atoms with E-state index in [1.807, 2.05) is 18.2 Å². The molecule has 31 heavy (non-hydrogen) atoms. The first kappa shape index (κ1) is 22.1. The van der Waals surface area contributed by atoms with E-state index >= 15 is 0 Å². The van der Waals surface area contributed by atoms with Crippen molar-refractivity contribution in [1.29, 1.82) is 0 Å². The van der Waals surface area contributed by atoms with Crippen LogP contribution in [0, 0.1) is 0 Å². The number of carbonyl (C=O) groups is 1. The van der Waals surface area contributed by atoms with Gasteiger partial charge < -0.3 is 25.4 Å². The van der Waals surface area contributed by atoms with E-state index < -0.39 is 18.8 Å². The van der Waals surface area contributed by atoms with E-state index in [2.05, 4.69) is 15.6 Å². The molecular weight excluding hydrogens is 433 g/mol. The zero-order valence-electron chi connectivity index (χ0n) is 16.8. The van der Waals surface area contributed by atoms with E-state index in [9.17, 15) is 18.0 Å². The number of fused-ring (bicyclic) bond motifs is 1. The lowest BCUT2D eigenvalue weighted by molar-refractivity contribution is -0.166. The Kier molecular flexibility index (Phi) is 6.54. The number of hydrogen-bond acceptors (Lipinski definition) is 6. The average molecular weight is 459 g/mol. The Hall–Kier alpha value is -2.11. The number of halogens is 3. The Morgan fingerprint density at radius 2 is 1.97 bits per heavy atom. The summed E-state index contributed by atoms with van der Waals surface area (Å²) < 4.78 is 45.4. The average Bonchev–Trinajstić information content (AvgIpc) is 3.18.